The molecule has 0 spiro atoms. The second-order valence-electron chi connectivity index (χ2n) is 7.48. The normalized spacial score (nSPS) is 10.9. The first-order valence-electron chi connectivity index (χ1n) is 11.2. The fourth-order valence-corrected chi connectivity index (χ4v) is 3.71. The lowest BCUT2D eigenvalue weighted by atomic mass is 9.94. The lowest BCUT2D eigenvalue weighted by Crippen LogP contribution is -2.13. The van der Waals surface area contributed by atoms with E-state index in [1.165, 1.54) is 0 Å². The van der Waals surface area contributed by atoms with Crippen LogP contribution in [0.5, 0.6) is 11.5 Å². The summed E-state index contributed by atoms with van der Waals surface area (Å²) in [7, 11) is 0. The predicted molar refractivity (Wildman–Crippen MR) is 125 cm³/mol. The van der Waals surface area contributed by atoms with Gasteiger partial charge < -0.3 is 18.9 Å². The average Bonchev–Trinajstić information content (AvgIpc) is 2.82. The van der Waals surface area contributed by atoms with E-state index in [1.807, 2.05) is 50.2 Å². The zero-order valence-electron chi connectivity index (χ0n) is 19.2. The van der Waals surface area contributed by atoms with Crippen molar-refractivity contribution in [1.82, 2.24) is 0 Å². The largest absolute Gasteiger partial charge is 0.513 e. The Morgan fingerprint density at radius 2 is 1.06 bits per heavy atom. The minimum Gasteiger partial charge on any atom is -0.434 e. The Morgan fingerprint density at radius 3 is 1.41 bits per heavy atom. The van der Waals surface area contributed by atoms with Crippen molar-refractivity contribution in [1.29, 1.82) is 0 Å². The van der Waals surface area contributed by atoms with Gasteiger partial charge in [-0.2, -0.15) is 0 Å². The predicted octanol–water partition coefficient (Wildman–Crippen LogP) is 6.97. The van der Waals surface area contributed by atoms with Crippen molar-refractivity contribution in [2.75, 3.05) is 13.2 Å². The van der Waals surface area contributed by atoms with E-state index in [0.29, 0.717) is 45.9 Å². The Hall–Kier alpha value is -3.28. The Kier molecular flexibility index (Phi) is 7.92. The summed E-state index contributed by atoms with van der Waals surface area (Å²) < 4.78 is 21.8. The maximum absolute atomic E-state index is 12.4. The number of fused-ring (bicyclic) bond motifs is 2. The molecule has 0 amide bonds. The fraction of sp³-hybridized carbons (Fsp3) is 0.385. The van der Waals surface area contributed by atoms with Crippen LogP contribution < -0.4 is 9.47 Å². The lowest BCUT2D eigenvalue weighted by molar-refractivity contribution is 0.0984. The molecule has 0 aliphatic carbocycles. The second kappa shape index (κ2) is 10.8. The topological polar surface area (TPSA) is 71.1 Å². The van der Waals surface area contributed by atoms with Gasteiger partial charge in [-0.1, -0.05) is 52.0 Å². The summed E-state index contributed by atoms with van der Waals surface area (Å²) in [6.07, 6.45) is 1.52. The molecular weight excluding hydrogens is 408 g/mol. The molecule has 6 heteroatoms. The average molecular weight is 439 g/mol. The maximum Gasteiger partial charge on any atom is 0.513 e. The third-order valence-electron chi connectivity index (χ3n) is 5.23. The van der Waals surface area contributed by atoms with Gasteiger partial charge >= 0.3 is 12.3 Å². The first-order chi connectivity index (χ1) is 15.5. The van der Waals surface area contributed by atoms with Gasteiger partial charge in [0, 0.05) is 21.5 Å². The zero-order valence-corrected chi connectivity index (χ0v) is 19.2. The molecule has 0 aromatic heterocycles. The van der Waals surface area contributed by atoms with E-state index < -0.39 is 12.3 Å². The van der Waals surface area contributed by atoms with Crippen molar-refractivity contribution in [2.24, 2.45) is 0 Å². The summed E-state index contributed by atoms with van der Waals surface area (Å²) >= 11 is 0. The summed E-state index contributed by atoms with van der Waals surface area (Å²) in [5.74, 6) is 0.784. The maximum atomic E-state index is 12.4. The highest BCUT2D eigenvalue weighted by Crippen LogP contribution is 2.44. The van der Waals surface area contributed by atoms with Crippen LogP contribution in [0.1, 0.15) is 51.7 Å². The van der Waals surface area contributed by atoms with Crippen LogP contribution in [-0.2, 0) is 22.3 Å². The van der Waals surface area contributed by atoms with Crippen molar-refractivity contribution in [3.05, 3.63) is 47.5 Å². The molecule has 0 atom stereocenters. The zero-order chi connectivity index (χ0) is 23.1. The van der Waals surface area contributed by atoms with Gasteiger partial charge in [-0.3, -0.25) is 0 Å². The van der Waals surface area contributed by atoms with Gasteiger partial charge in [-0.15, -0.1) is 0 Å². The molecule has 0 bridgehead atoms. The third kappa shape index (κ3) is 4.96. The van der Waals surface area contributed by atoms with Gasteiger partial charge in [0.15, 0.2) is 0 Å². The molecule has 0 fully saturated rings. The molecular formula is C26H30O6. The van der Waals surface area contributed by atoms with E-state index in [9.17, 15) is 9.59 Å². The number of hydrogen-bond acceptors (Lipinski definition) is 6. The standard InChI is InChI=1S/C26H30O6/c1-5-13-29-25(27)31-23-19-11-9-10-12-20(19)24(32-26(28)30-14-6-2)22-16-18(8-4)17(7-3)15-21(22)23/h9-12,15-16H,5-8,13-14H2,1-4H3. The highest BCUT2D eigenvalue weighted by molar-refractivity contribution is 6.12. The quantitative estimate of drug-likeness (QED) is 0.215. The van der Waals surface area contributed by atoms with E-state index in [-0.39, 0.29) is 13.2 Å². The first kappa shape index (κ1) is 23.4. The monoisotopic (exact) mass is 438 g/mol. The van der Waals surface area contributed by atoms with E-state index >= 15 is 0 Å². The molecule has 0 aliphatic heterocycles. The number of carbonyl (C=O) groups is 2. The molecule has 0 N–H and O–H groups in total. The molecule has 0 heterocycles. The second-order valence-corrected chi connectivity index (χ2v) is 7.48. The summed E-state index contributed by atoms with van der Waals surface area (Å²) in [5.41, 5.74) is 2.28. The summed E-state index contributed by atoms with van der Waals surface area (Å²) in [5, 5.41) is 2.67. The van der Waals surface area contributed by atoms with E-state index in [2.05, 4.69) is 13.8 Å². The van der Waals surface area contributed by atoms with Crippen molar-refractivity contribution in [2.45, 2.75) is 53.4 Å². The SMILES string of the molecule is CCCOC(=O)Oc1c2ccccc2c(OC(=O)OCCC)c2cc(CC)c(CC)cc12. The number of ether oxygens (including phenoxy) is 4. The summed E-state index contributed by atoms with van der Waals surface area (Å²) in [6, 6.07) is 11.4. The van der Waals surface area contributed by atoms with Gasteiger partial charge in [0.25, 0.3) is 0 Å². The molecule has 32 heavy (non-hydrogen) atoms. The van der Waals surface area contributed by atoms with Crippen LogP contribution >= 0.6 is 0 Å². The van der Waals surface area contributed by atoms with Crippen molar-refractivity contribution >= 4 is 33.9 Å². The molecule has 6 nitrogen and oxygen atoms in total. The molecule has 0 unspecified atom stereocenters. The molecule has 0 saturated heterocycles. The first-order valence-corrected chi connectivity index (χ1v) is 11.2. The number of benzene rings is 3. The van der Waals surface area contributed by atoms with Crippen molar-refractivity contribution in [3.63, 3.8) is 0 Å². The molecule has 0 saturated carbocycles. The molecule has 3 aromatic rings. The number of carbonyl (C=O) groups excluding carboxylic acids is 2. The van der Waals surface area contributed by atoms with Crippen LogP contribution in [0.4, 0.5) is 9.59 Å². The molecule has 3 rings (SSSR count). The van der Waals surface area contributed by atoms with Crippen LogP contribution in [0.25, 0.3) is 21.5 Å². The Balaban J connectivity index is 2.28. The van der Waals surface area contributed by atoms with Crippen LogP contribution in [0.3, 0.4) is 0 Å². The van der Waals surface area contributed by atoms with E-state index in [0.717, 1.165) is 24.0 Å². The Labute approximate surface area is 188 Å². The van der Waals surface area contributed by atoms with Crippen LogP contribution in [-0.4, -0.2) is 25.5 Å². The molecule has 170 valence electrons. The number of rotatable bonds is 8. The molecule has 0 aliphatic rings. The minimum atomic E-state index is -0.757. The number of aryl methyl sites for hydroxylation is 2. The third-order valence-corrected chi connectivity index (χ3v) is 5.23. The van der Waals surface area contributed by atoms with Gasteiger partial charge in [-0.25, -0.2) is 9.59 Å². The molecule has 3 aromatic carbocycles. The molecule has 0 radical (unpaired) electrons. The summed E-state index contributed by atoms with van der Waals surface area (Å²) in [6.45, 7) is 8.55. The smallest absolute Gasteiger partial charge is 0.434 e. The minimum absolute atomic E-state index is 0.277. The number of hydrogen-bond donors (Lipinski definition) is 0. The van der Waals surface area contributed by atoms with Gasteiger partial charge in [-0.05, 0) is 48.9 Å². The van der Waals surface area contributed by atoms with Crippen LogP contribution in [0.15, 0.2) is 36.4 Å². The highest BCUT2D eigenvalue weighted by Gasteiger charge is 2.22. The van der Waals surface area contributed by atoms with Crippen molar-refractivity contribution < 1.29 is 28.5 Å². The van der Waals surface area contributed by atoms with Gasteiger partial charge in [0.05, 0.1) is 13.2 Å². The van der Waals surface area contributed by atoms with Crippen LogP contribution in [0, 0.1) is 0 Å². The van der Waals surface area contributed by atoms with Gasteiger partial charge in [0.2, 0.25) is 0 Å². The van der Waals surface area contributed by atoms with E-state index in [4.69, 9.17) is 18.9 Å². The Morgan fingerprint density at radius 1 is 0.656 bits per heavy atom. The lowest BCUT2D eigenvalue weighted by Gasteiger charge is -2.18. The Bertz CT molecular complexity index is 1030. The van der Waals surface area contributed by atoms with Crippen molar-refractivity contribution in [3.8, 4) is 11.5 Å². The fourth-order valence-electron chi connectivity index (χ4n) is 3.71. The summed E-state index contributed by atoms with van der Waals surface area (Å²) in [4.78, 5) is 24.7. The highest BCUT2D eigenvalue weighted by atomic mass is 16.7. The van der Waals surface area contributed by atoms with E-state index in [1.54, 1.807) is 0 Å². The van der Waals surface area contributed by atoms with Crippen LogP contribution in [0.2, 0.25) is 0 Å². The van der Waals surface area contributed by atoms with Gasteiger partial charge in [0.1, 0.15) is 11.5 Å².